The fourth-order valence-corrected chi connectivity index (χ4v) is 2.93. The van der Waals surface area contributed by atoms with Crippen LogP contribution in [0, 0.1) is 0 Å². The molecule has 0 aliphatic heterocycles. The quantitative estimate of drug-likeness (QED) is 0.756. The van der Waals surface area contributed by atoms with Gasteiger partial charge in [0.15, 0.2) is 11.5 Å². The maximum atomic E-state index is 5.97. The maximum absolute atomic E-state index is 5.97. The summed E-state index contributed by atoms with van der Waals surface area (Å²) in [7, 11) is 1.73. The highest BCUT2D eigenvalue weighted by Gasteiger charge is 2.16. The first-order valence-electron chi connectivity index (χ1n) is 6.94. The highest BCUT2D eigenvalue weighted by molar-refractivity contribution is 6.70. The van der Waals surface area contributed by atoms with Crippen LogP contribution < -0.4 is 13.9 Å². The van der Waals surface area contributed by atoms with Gasteiger partial charge in [0.05, 0.1) is 14.2 Å². The molecule has 0 radical (unpaired) electrons. The second kappa shape index (κ2) is 6.22. The van der Waals surface area contributed by atoms with Crippen LogP contribution in [0.3, 0.4) is 0 Å². The molecule has 112 valence electrons. The smallest absolute Gasteiger partial charge is 0.242 e. The zero-order chi connectivity index (χ0) is 15.5. The van der Waals surface area contributed by atoms with E-state index >= 15 is 0 Å². The van der Waals surface area contributed by atoms with Crippen molar-refractivity contribution in [2.75, 3.05) is 14.2 Å². The molecule has 0 unspecified atom stereocenters. The summed E-state index contributed by atoms with van der Waals surface area (Å²) in [5, 5.41) is 0. The van der Waals surface area contributed by atoms with Crippen molar-refractivity contribution in [3.05, 3.63) is 42.5 Å². The molecule has 0 saturated carbocycles. The summed E-state index contributed by atoms with van der Waals surface area (Å²) in [4.78, 5) is 0. The lowest BCUT2D eigenvalue weighted by molar-refractivity contribution is 0.355. The van der Waals surface area contributed by atoms with Crippen LogP contribution in [0.25, 0.3) is 11.1 Å². The average molecular weight is 302 g/mol. The van der Waals surface area contributed by atoms with Gasteiger partial charge in [0.1, 0.15) is 5.75 Å². The molecule has 0 fully saturated rings. The zero-order valence-electron chi connectivity index (χ0n) is 13.3. The van der Waals surface area contributed by atoms with Crippen LogP contribution in [0.4, 0.5) is 0 Å². The third-order valence-electron chi connectivity index (χ3n) is 3.00. The van der Waals surface area contributed by atoms with E-state index < -0.39 is 8.32 Å². The zero-order valence-corrected chi connectivity index (χ0v) is 14.3. The first-order chi connectivity index (χ1) is 9.93. The van der Waals surface area contributed by atoms with Crippen molar-refractivity contribution in [3.8, 4) is 28.4 Å². The van der Waals surface area contributed by atoms with Gasteiger partial charge in [0, 0.05) is 0 Å². The Labute approximate surface area is 127 Å². The Morgan fingerprint density at radius 1 is 0.714 bits per heavy atom. The summed E-state index contributed by atoms with van der Waals surface area (Å²) in [6, 6.07) is 14.1. The van der Waals surface area contributed by atoms with Gasteiger partial charge in [-0.2, -0.15) is 0 Å². The Balaban J connectivity index is 2.26. The number of hydrogen-bond donors (Lipinski definition) is 0. The van der Waals surface area contributed by atoms with E-state index in [0.29, 0.717) is 0 Å². The predicted molar refractivity (Wildman–Crippen MR) is 89.0 cm³/mol. The highest BCUT2D eigenvalue weighted by Crippen LogP contribution is 2.33. The van der Waals surface area contributed by atoms with E-state index in [2.05, 4.69) is 31.8 Å². The molecule has 0 saturated heterocycles. The number of methoxy groups -OCH3 is 2. The second-order valence-corrected chi connectivity index (χ2v) is 10.2. The van der Waals surface area contributed by atoms with Crippen molar-refractivity contribution in [2.24, 2.45) is 0 Å². The minimum atomic E-state index is -1.56. The van der Waals surface area contributed by atoms with Crippen molar-refractivity contribution >= 4 is 8.32 Å². The molecular formula is C17H22O3Si. The molecule has 0 N–H and O–H groups in total. The minimum absolute atomic E-state index is 0.734. The fraction of sp³-hybridized carbons (Fsp3) is 0.294. The van der Waals surface area contributed by atoms with Gasteiger partial charge < -0.3 is 13.9 Å². The van der Waals surface area contributed by atoms with E-state index in [1.54, 1.807) is 14.2 Å². The number of ether oxygens (including phenoxy) is 2. The molecule has 0 aromatic heterocycles. The van der Waals surface area contributed by atoms with E-state index in [1.165, 1.54) is 0 Å². The number of rotatable bonds is 5. The van der Waals surface area contributed by atoms with Crippen LogP contribution in [0.15, 0.2) is 42.5 Å². The van der Waals surface area contributed by atoms with Gasteiger partial charge in [-0.3, -0.25) is 0 Å². The molecule has 3 nitrogen and oxygen atoms in total. The third-order valence-corrected chi connectivity index (χ3v) is 3.84. The van der Waals surface area contributed by atoms with Gasteiger partial charge in [-0.15, -0.1) is 0 Å². The maximum Gasteiger partial charge on any atom is 0.242 e. The van der Waals surface area contributed by atoms with E-state index in [-0.39, 0.29) is 0 Å². The summed E-state index contributed by atoms with van der Waals surface area (Å²) in [6.45, 7) is 6.53. The summed E-state index contributed by atoms with van der Waals surface area (Å²) < 4.78 is 16.6. The molecule has 0 bridgehead atoms. The van der Waals surface area contributed by atoms with E-state index in [9.17, 15) is 0 Å². The van der Waals surface area contributed by atoms with Crippen molar-refractivity contribution in [2.45, 2.75) is 19.6 Å². The molecule has 4 heteroatoms. The molecule has 21 heavy (non-hydrogen) atoms. The summed E-state index contributed by atoms with van der Waals surface area (Å²) in [5.41, 5.74) is 2.21. The van der Waals surface area contributed by atoms with Crippen molar-refractivity contribution in [1.29, 1.82) is 0 Å². The predicted octanol–water partition coefficient (Wildman–Crippen LogP) is 4.58. The lowest BCUT2D eigenvalue weighted by Gasteiger charge is -2.19. The Kier molecular flexibility index (Phi) is 4.58. The minimum Gasteiger partial charge on any atom is -0.544 e. The van der Waals surface area contributed by atoms with E-state index in [0.717, 1.165) is 28.4 Å². The van der Waals surface area contributed by atoms with Crippen molar-refractivity contribution < 1.29 is 13.9 Å². The Bertz CT molecular complexity index is 600. The van der Waals surface area contributed by atoms with Crippen LogP contribution in [-0.4, -0.2) is 22.5 Å². The largest absolute Gasteiger partial charge is 0.544 e. The van der Waals surface area contributed by atoms with Gasteiger partial charge in [0.2, 0.25) is 8.32 Å². The van der Waals surface area contributed by atoms with Crippen LogP contribution in [0.5, 0.6) is 17.2 Å². The van der Waals surface area contributed by atoms with Gasteiger partial charge >= 0.3 is 0 Å². The van der Waals surface area contributed by atoms with Gasteiger partial charge in [-0.05, 0) is 55.0 Å². The molecule has 2 rings (SSSR count). The molecule has 0 aliphatic rings. The Morgan fingerprint density at radius 3 is 1.81 bits per heavy atom. The molecule has 0 amide bonds. The number of benzene rings is 2. The van der Waals surface area contributed by atoms with Gasteiger partial charge in [-0.1, -0.05) is 18.2 Å². The first-order valence-corrected chi connectivity index (χ1v) is 10.4. The molecule has 2 aromatic rings. The monoisotopic (exact) mass is 302 g/mol. The molecule has 0 atom stereocenters. The lowest BCUT2D eigenvalue weighted by Crippen LogP contribution is -2.29. The normalized spacial score (nSPS) is 11.1. The lowest BCUT2D eigenvalue weighted by atomic mass is 10.1. The summed E-state index contributed by atoms with van der Waals surface area (Å²) >= 11 is 0. The molecule has 0 spiro atoms. The fourth-order valence-electron chi connectivity index (χ4n) is 2.08. The van der Waals surface area contributed by atoms with E-state index in [4.69, 9.17) is 13.9 Å². The molecule has 0 heterocycles. The van der Waals surface area contributed by atoms with Crippen LogP contribution in [0.1, 0.15) is 0 Å². The molecular weight excluding hydrogens is 280 g/mol. The first kappa shape index (κ1) is 15.4. The number of hydrogen-bond acceptors (Lipinski definition) is 3. The highest BCUT2D eigenvalue weighted by atomic mass is 28.4. The van der Waals surface area contributed by atoms with Crippen molar-refractivity contribution in [1.82, 2.24) is 0 Å². The molecule has 0 aliphatic carbocycles. The second-order valence-electron chi connectivity index (χ2n) is 5.81. The van der Waals surface area contributed by atoms with Gasteiger partial charge in [-0.25, -0.2) is 0 Å². The summed E-state index contributed by atoms with van der Waals surface area (Å²) in [6.07, 6.45) is 0. The Morgan fingerprint density at radius 2 is 1.29 bits per heavy atom. The third kappa shape index (κ3) is 4.01. The van der Waals surface area contributed by atoms with Crippen molar-refractivity contribution in [3.63, 3.8) is 0 Å². The topological polar surface area (TPSA) is 27.7 Å². The average Bonchev–Trinajstić information content (AvgIpc) is 2.45. The molecule has 2 aromatic carbocycles. The van der Waals surface area contributed by atoms with Crippen LogP contribution in [0.2, 0.25) is 19.6 Å². The van der Waals surface area contributed by atoms with Gasteiger partial charge in [0.25, 0.3) is 0 Å². The standard InChI is InChI=1S/C17H22O3Si/c1-18-16-11-8-14(12-17(16)19-2)13-6-9-15(10-7-13)20-21(3,4)5/h6-12H,1-5H3. The Hall–Kier alpha value is -1.94. The summed E-state index contributed by atoms with van der Waals surface area (Å²) in [5.74, 6) is 2.40. The van der Waals surface area contributed by atoms with E-state index in [1.807, 2.05) is 30.3 Å². The SMILES string of the molecule is COc1ccc(-c2ccc(O[Si](C)(C)C)cc2)cc1OC. The van der Waals surface area contributed by atoms with Crippen LogP contribution >= 0.6 is 0 Å². The van der Waals surface area contributed by atoms with Crippen LogP contribution in [-0.2, 0) is 0 Å².